The zero-order chi connectivity index (χ0) is 13.8. The van der Waals surface area contributed by atoms with Crippen LogP contribution in [0.2, 0.25) is 0 Å². The van der Waals surface area contributed by atoms with Crippen molar-refractivity contribution in [3.05, 3.63) is 0 Å². The SMILES string of the molecule is CCS(=O)(=O)CCCC1(C(=O)O)CCC(C)CC1. The molecular weight excluding hydrogens is 252 g/mol. The molecule has 1 rings (SSSR count). The summed E-state index contributed by atoms with van der Waals surface area (Å²) in [5, 5.41) is 9.41. The largest absolute Gasteiger partial charge is 0.481 e. The van der Waals surface area contributed by atoms with Crippen molar-refractivity contribution in [3.8, 4) is 0 Å². The van der Waals surface area contributed by atoms with Gasteiger partial charge < -0.3 is 5.11 Å². The Bertz CT molecular complexity index is 378. The molecule has 1 aliphatic rings. The van der Waals surface area contributed by atoms with E-state index in [-0.39, 0.29) is 11.5 Å². The number of hydrogen-bond donors (Lipinski definition) is 1. The van der Waals surface area contributed by atoms with Gasteiger partial charge in [0.15, 0.2) is 0 Å². The quantitative estimate of drug-likeness (QED) is 0.809. The minimum absolute atomic E-state index is 0.119. The fourth-order valence-corrected chi connectivity index (χ4v) is 3.53. The average Bonchev–Trinajstić information content (AvgIpc) is 2.31. The standard InChI is InChI=1S/C13H24O4S/c1-3-18(16,17)10-4-7-13(12(14)15)8-5-11(2)6-9-13/h11H,3-10H2,1-2H3,(H,14,15). The van der Waals surface area contributed by atoms with E-state index in [1.165, 1.54) is 0 Å². The van der Waals surface area contributed by atoms with Crippen LogP contribution in [0, 0.1) is 11.3 Å². The van der Waals surface area contributed by atoms with Gasteiger partial charge in [0.05, 0.1) is 11.2 Å². The number of sulfone groups is 1. The monoisotopic (exact) mass is 276 g/mol. The molecule has 0 amide bonds. The molecule has 0 saturated heterocycles. The van der Waals surface area contributed by atoms with E-state index in [0.29, 0.717) is 31.6 Å². The van der Waals surface area contributed by atoms with Gasteiger partial charge in [0, 0.05) is 5.75 Å². The molecule has 0 atom stereocenters. The lowest BCUT2D eigenvalue weighted by Gasteiger charge is -2.35. The van der Waals surface area contributed by atoms with Crippen LogP contribution in [-0.4, -0.2) is 31.0 Å². The second-order valence-electron chi connectivity index (χ2n) is 5.61. The van der Waals surface area contributed by atoms with Crippen molar-refractivity contribution >= 4 is 15.8 Å². The first kappa shape index (κ1) is 15.5. The fourth-order valence-electron chi connectivity index (χ4n) is 2.66. The van der Waals surface area contributed by atoms with Crippen molar-refractivity contribution in [2.24, 2.45) is 11.3 Å². The van der Waals surface area contributed by atoms with Crippen LogP contribution in [0.25, 0.3) is 0 Å². The minimum Gasteiger partial charge on any atom is -0.481 e. The summed E-state index contributed by atoms with van der Waals surface area (Å²) >= 11 is 0. The Morgan fingerprint density at radius 1 is 1.33 bits per heavy atom. The highest BCUT2D eigenvalue weighted by atomic mass is 32.2. The average molecular weight is 276 g/mol. The van der Waals surface area contributed by atoms with Gasteiger partial charge in [-0.15, -0.1) is 0 Å². The van der Waals surface area contributed by atoms with Crippen molar-refractivity contribution in [1.82, 2.24) is 0 Å². The van der Waals surface area contributed by atoms with Gasteiger partial charge in [-0.25, -0.2) is 8.42 Å². The maximum atomic E-state index is 11.5. The molecule has 106 valence electrons. The zero-order valence-electron chi connectivity index (χ0n) is 11.3. The van der Waals surface area contributed by atoms with E-state index in [1.807, 2.05) is 0 Å². The normalized spacial score (nSPS) is 29.1. The van der Waals surface area contributed by atoms with Gasteiger partial charge in [-0.05, 0) is 44.4 Å². The van der Waals surface area contributed by atoms with Gasteiger partial charge in [0.25, 0.3) is 0 Å². The number of hydrogen-bond acceptors (Lipinski definition) is 3. The van der Waals surface area contributed by atoms with Gasteiger partial charge in [0.2, 0.25) is 0 Å². The first-order valence-electron chi connectivity index (χ1n) is 6.75. The van der Waals surface area contributed by atoms with E-state index in [9.17, 15) is 18.3 Å². The van der Waals surface area contributed by atoms with E-state index < -0.39 is 21.2 Å². The zero-order valence-corrected chi connectivity index (χ0v) is 12.1. The molecule has 5 heteroatoms. The molecule has 1 N–H and O–H groups in total. The Labute approximate surface area is 110 Å². The van der Waals surface area contributed by atoms with E-state index in [4.69, 9.17) is 0 Å². The summed E-state index contributed by atoms with van der Waals surface area (Å²) in [5.41, 5.74) is -0.671. The Kier molecular flexibility index (Phi) is 5.20. The molecule has 0 aliphatic heterocycles. The molecule has 0 unspecified atom stereocenters. The second-order valence-corrected chi connectivity index (χ2v) is 8.08. The molecule has 1 fully saturated rings. The highest BCUT2D eigenvalue weighted by Crippen LogP contribution is 2.42. The van der Waals surface area contributed by atoms with Crippen LogP contribution < -0.4 is 0 Å². The van der Waals surface area contributed by atoms with E-state index >= 15 is 0 Å². The Morgan fingerprint density at radius 2 is 1.89 bits per heavy atom. The molecule has 0 bridgehead atoms. The first-order valence-corrected chi connectivity index (χ1v) is 8.57. The Balaban J connectivity index is 2.57. The third kappa shape index (κ3) is 3.97. The number of carbonyl (C=O) groups is 1. The van der Waals surface area contributed by atoms with E-state index in [2.05, 4.69) is 6.92 Å². The van der Waals surface area contributed by atoms with Crippen molar-refractivity contribution in [2.75, 3.05) is 11.5 Å². The lowest BCUT2D eigenvalue weighted by molar-refractivity contribution is -0.152. The highest BCUT2D eigenvalue weighted by molar-refractivity contribution is 7.91. The van der Waals surface area contributed by atoms with Gasteiger partial charge in [0.1, 0.15) is 9.84 Å². The molecule has 0 spiro atoms. The molecule has 0 aromatic carbocycles. The minimum atomic E-state index is -2.98. The Morgan fingerprint density at radius 3 is 2.33 bits per heavy atom. The fraction of sp³-hybridized carbons (Fsp3) is 0.923. The molecule has 1 saturated carbocycles. The lowest BCUT2D eigenvalue weighted by atomic mass is 9.68. The number of aliphatic carboxylic acids is 1. The molecule has 0 aromatic heterocycles. The molecule has 4 nitrogen and oxygen atoms in total. The van der Waals surface area contributed by atoms with Crippen LogP contribution in [0.5, 0.6) is 0 Å². The van der Waals surface area contributed by atoms with E-state index in [1.54, 1.807) is 6.92 Å². The summed E-state index contributed by atoms with van der Waals surface area (Å²) in [6.07, 6.45) is 4.22. The summed E-state index contributed by atoms with van der Waals surface area (Å²) in [5.74, 6) is 0.109. The van der Waals surface area contributed by atoms with Crippen LogP contribution in [-0.2, 0) is 14.6 Å². The van der Waals surface area contributed by atoms with Crippen LogP contribution in [0.3, 0.4) is 0 Å². The summed E-state index contributed by atoms with van der Waals surface area (Å²) in [7, 11) is -2.98. The lowest BCUT2D eigenvalue weighted by Crippen LogP contribution is -2.35. The van der Waals surface area contributed by atoms with Gasteiger partial charge >= 0.3 is 5.97 Å². The summed E-state index contributed by atoms with van der Waals surface area (Å²) < 4.78 is 22.8. The number of carboxylic acids is 1. The van der Waals surface area contributed by atoms with Crippen LogP contribution in [0.1, 0.15) is 52.4 Å². The van der Waals surface area contributed by atoms with E-state index in [0.717, 1.165) is 12.8 Å². The van der Waals surface area contributed by atoms with Crippen molar-refractivity contribution in [2.45, 2.75) is 52.4 Å². The summed E-state index contributed by atoms with van der Waals surface area (Å²) in [6, 6.07) is 0. The summed E-state index contributed by atoms with van der Waals surface area (Å²) in [6.45, 7) is 3.78. The van der Waals surface area contributed by atoms with Crippen LogP contribution in [0.15, 0.2) is 0 Å². The molecule has 1 aliphatic carbocycles. The molecule has 0 heterocycles. The smallest absolute Gasteiger partial charge is 0.309 e. The highest BCUT2D eigenvalue weighted by Gasteiger charge is 2.40. The third-order valence-electron chi connectivity index (χ3n) is 4.24. The van der Waals surface area contributed by atoms with Crippen LogP contribution >= 0.6 is 0 Å². The maximum absolute atomic E-state index is 11.5. The molecule has 18 heavy (non-hydrogen) atoms. The second kappa shape index (κ2) is 6.04. The van der Waals surface area contributed by atoms with Gasteiger partial charge in [-0.1, -0.05) is 13.8 Å². The summed E-state index contributed by atoms with van der Waals surface area (Å²) in [4.78, 5) is 11.5. The van der Waals surface area contributed by atoms with Gasteiger partial charge in [-0.2, -0.15) is 0 Å². The van der Waals surface area contributed by atoms with Crippen molar-refractivity contribution in [3.63, 3.8) is 0 Å². The number of rotatable bonds is 6. The number of carboxylic acid groups (broad SMARTS) is 1. The third-order valence-corrected chi connectivity index (χ3v) is 6.03. The topological polar surface area (TPSA) is 71.4 Å². The van der Waals surface area contributed by atoms with Crippen molar-refractivity contribution < 1.29 is 18.3 Å². The van der Waals surface area contributed by atoms with Crippen molar-refractivity contribution in [1.29, 1.82) is 0 Å². The predicted molar refractivity (Wildman–Crippen MR) is 71.3 cm³/mol. The first-order chi connectivity index (χ1) is 8.31. The van der Waals surface area contributed by atoms with Gasteiger partial charge in [-0.3, -0.25) is 4.79 Å². The van der Waals surface area contributed by atoms with Crippen LogP contribution in [0.4, 0.5) is 0 Å². The molecular formula is C13H24O4S. The molecule has 0 aromatic rings. The maximum Gasteiger partial charge on any atom is 0.309 e. The Hall–Kier alpha value is -0.580. The predicted octanol–water partition coefficient (Wildman–Crippen LogP) is 2.48. The molecule has 0 radical (unpaired) electrons.